The maximum absolute atomic E-state index is 6.09. The molecule has 0 unspecified atom stereocenters. The monoisotopic (exact) mass is 329 g/mol. The molecule has 0 saturated carbocycles. The number of likely N-dealkylation sites (tertiary alicyclic amines) is 1. The van der Waals surface area contributed by atoms with Crippen LogP contribution in [0.2, 0.25) is 0 Å². The van der Waals surface area contributed by atoms with Crippen LogP contribution in [-0.4, -0.2) is 42.0 Å². The van der Waals surface area contributed by atoms with E-state index in [0.717, 1.165) is 6.54 Å². The number of nitrogens with zero attached hydrogens (tertiary/aromatic N) is 2. The molecule has 3 heteroatoms. The Labute approximate surface area is 148 Å². The van der Waals surface area contributed by atoms with Gasteiger partial charge in [-0.15, -0.1) is 0 Å². The summed E-state index contributed by atoms with van der Waals surface area (Å²) >= 11 is 0. The summed E-state index contributed by atoms with van der Waals surface area (Å²) < 4.78 is 6.09. The van der Waals surface area contributed by atoms with Gasteiger partial charge in [-0.05, 0) is 56.8 Å². The predicted molar refractivity (Wildman–Crippen MR) is 99.4 cm³/mol. The van der Waals surface area contributed by atoms with Gasteiger partial charge in [0.1, 0.15) is 6.10 Å². The van der Waals surface area contributed by atoms with Gasteiger partial charge in [0.25, 0.3) is 0 Å². The average Bonchev–Trinajstić information content (AvgIpc) is 2.99. The highest BCUT2D eigenvalue weighted by Crippen LogP contribution is 2.36. The van der Waals surface area contributed by atoms with Crippen LogP contribution in [0.4, 0.5) is 0 Å². The molecule has 0 bridgehead atoms. The van der Waals surface area contributed by atoms with Crippen LogP contribution in [0, 0.1) is 12.6 Å². The Morgan fingerprint density at radius 2 is 1.79 bits per heavy atom. The molecule has 2 fully saturated rings. The molecule has 3 nitrogen and oxygen atoms in total. The van der Waals surface area contributed by atoms with Crippen LogP contribution in [0.3, 0.4) is 0 Å². The van der Waals surface area contributed by atoms with Gasteiger partial charge in [-0.25, -0.2) is 0 Å². The standard InChI is InChI=1S/C21H33N2O/c1-18(2)16-20-21(19-10-5-3-6-11-19)24-17-23(20)15-9-14-22-12-7-4-8-13-22/h3,5-6,10-11,17-18,20-21H,4,7-9,12-16H2,1-2H3/t20-,21+/m0/s1. The minimum atomic E-state index is 0.184. The molecule has 2 saturated heterocycles. The van der Waals surface area contributed by atoms with Gasteiger partial charge in [0, 0.05) is 12.6 Å². The van der Waals surface area contributed by atoms with Crippen LogP contribution in [-0.2, 0) is 4.74 Å². The number of hydrogen-bond acceptors (Lipinski definition) is 3. The van der Waals surface area contributed by atoms with E-state index in [4.69, 9.17) is 4.74 Å². The van der Waals surface area contributed by atoms with Gasteiger partial charge in [-0.1, -0.05) is 50.6 Å². The van der Waals surface area contributed by atoms with Crippen LogP contribution in [0.5, 0.6) is 0 Å². The number of piperidine rings is 1. The van der Waals surface area contributed by atoms with E-state index in [-0.39, 0.29) is 6.10 Å². The lowest BCUT2D eigenvalue weighted by Gasteiger charge is -2.29. The Bertz CT molecular complexity index is 470. The number of ether oxygens (including phenoxy) is 1. The Hall–Kier alpha value is -0.900. The van der Waals surface area contributed by atoms with Gasteiger partial charge in [-0.2, -0.15) is 0 Å². The zero-order chi connectivity index (χ0) is 16.8. The topological polar surface area (TPSA) is 15.7 Å². The third-order valence-corrected chi connectivity index (χ3v) is 5.30. The van der Waals surface area contributed by atoms with Crippen molar-refractivity contribution in [1.82, 2.24) is 9.80 Å². The minimum Gasteiger partial charge on any atom is -0.349 e. The third kappa shape index (κ3) is 4.81. The summed E-state index contributed by atoms with van der Waals surface area (Å²) in [5, 5.41) is 0. The first kappa shape index (κ1) is 17.9. The second-order valence-electron chi connectivity index (χ2n) is 7.76. The van der Waals surface area contributed by atoms with Gasteiger partial charge < -0.3 is 9.64 Å². The molecular formula is C21H33N2O. The molecule has 133 valence electrons. The molecule has 1 aromatic rings. The molecule has 1 radical (unpaired) electrons. The molecule has 1 aromatic carbocycles. The zero-order valence-electron chi connectivity index (χ0n) is 15.4. The van der Waals surface area contributed by atoms with Crippen molar-refractivity contribution < 1.29 is 4.74 Å². The Morgan fingerprint density at radius 3 is 2.50 bits per heavy atom. The van der Waals surface area contributed by atoms with Gasteiger partial charge >= 0.3 is 0 Å². The van der Waals surface area contributed by atoms with Crippen molar-refractivity contribution in [1.29, 1.82) is 0 Å². The van der Waals surface area contributed by atoms with Gasteiger partial charge in [-0.3, -0.25) is 4.90 Å². The van der Waals surface area contributed by atoms with E-state index in [2.05, 4.69) is 54.0 Å². The molecule has 0 N–H and O–H groups in total. The smallest absolute Gasteiger partial charge is 0.152 e. The summed E-state index contributed by atoms with van der Waals surface area (Å²) in [7, 11) is 0. The average molecular weight is 330 g/mol. The van der Waals surface area contributed by atoms with Crippen LogP contribution in [0.25, 0.3) is 0 Å². The van der Waals surface area contributed by atoms with Crippen molar-refractivity contribution in [2.75, 3.05) is 26.2 Å². The van der Waals surface area contributed by atoms with Gasteiger partial charge in [0.2, 0.25) is 0 Å². The largest absolute Gasteiger partial charge is 0.349 e. The Kier molecular flexibility index (Phi) is 6.70. The molecule has 24 heavy (non-hydrogen) atoms. The number of rotatable bonds is 7. The molecule has 2 atom stereocenters. The van der Waals surface area contributed by atoms with E-state index < -0.39 is 0 Å². The van der Waals surface area contributed by atoms with Crippen molar-refractivity contribution in [2.24, 2.45) is 5.92 Å². The number of hydrogen-bond donors (Lipinski definition) is 0. The Morgan fingerprint density at radius 1 is 1.04 bits per heavy atom. The molecule has 2 aliphatic heterocycles. The van der Waals surface area contributed by atoms with Crippen molar-refractivity contribution in [3.05, 3.63) is 42.6 Å². The lowest BCUT2D eigenvalue weighted by Crippen LogP contribution is -2.36. The quantitative estimate of drug-likeness (QED) is 0.734. The summed E-state index contributed by atoms with van der Waals surface area (Å²) in [6.07, 6.45) is 6.77. The fourth-order valence-corrected chi connectivity index (χ4v) is 4.05. The first-order valence-corrected chi connectivity index (χ1v) is 9.76. The second-order valence-corrected chi connectivity index (χ2v) is 7.76. The first-order valence-electron chi connectivity index (χ1n) is 9.76. The first-order chi connectivity index (χ1) is 11.7. The van der Waals surface area contributed by atoms with Gasteiger partial charge in [0.15, 0.2) is 6.73 Å². The van der Waals surface area contributed by atoms with Crippen LogP contribution >= 0.6 is 0 Å². The van der Waals surface area contributed by atoms with Crippen molar-refractivity contribution in [2.45, 2.75) is 58.1 Å². The van der Waals surface area contributed by atoms with E-state index in [1.54, 1.807) is 0 Å². The fourth-order valence-electron chi connectivity index (χ4n) is 4.05. The zero-order valence-corrected chi connectivity index (χ0v) is 15.4. The molecule has 3 rings (SSSR count). The molecular weight excluding hydrogens is 296 g/mol. The molecule has 0 aromatic heterocycles. The van der Waals surface area contributed by atoms with E-state index >= 15 is 0 Å². The molecule has 2 aliphatic rings. The molecule has 0 amide bonds. The summed E-state index contributed by atoms with van der Waals surface area (Å²) in [4.78, 5) is 5.09. The van der Waals surface area contributed by atoms with Crippen molar-refractivity contribution >= 4 is 0 Å². The Balaban J connectivity index is 1.55. The highest BCUT2D eigenvalue weighted by Gasteiger charge is 2.36. The molecule has 0 spiro atoms. The highest BCUT2D eigenvalue weighted by molar-refractivity contribution is 5.20. The maximum atomic E-state index is 6.09. The van der Waals surface area contributed by atoms with Crippen LogP contribution in [0.15, 0.2) is 30.3 Å². The van der Waals surface area contributed by atoms with Crippen LogP contribution < -0.4 is 0 Å². The lowest BCUT2D eigenvalue weighted by atomic mass is 9.94. The van der Waals surface area contributed by atoms with E-state index in [0.29, 0.717) is 12.0 Å². The molecule has 0 aliphatic carbocycles. The molecule has 2 heterocycles. The van der Waals surface area contributed by atoms with Gasteiger partial charge in [0.05, 0.1) is 0 Å². The second kappa shape index (κ2) is 8.98. The number of benzene rings is 1. The van der Waals surface area contributed by atoms with E-state index in [1.165, 1.54) is 57.3 Å². The van der Waals surface area contributed by atoms with E-state index in [9.17, 15) is 0 Å². The fraction of sp³-hybridized carbons (Fsp3) is 0.667. The summed E-state index contributed by atoms with van der Waals surface area (Å²) in [5.74, 6) is 0.681. The normalized spacial score (nSPS) is 26.3. The van der Waals surface area contributed by atoms with Crippen molar-refractivity contribution in [3.63, 3.8) is 0 Å². The van der Waals surface area contributed by atoms with Crippen molar-refractivity contribution in [3.8, 4) is 0 Å². The summed E-state index contributed by atoms with van der Waals surface area (Å²) in [6.45, 7) is 11.6. The van der Waals surface area contributed by atoms with E-state index in [1.807, 2.05) is 6.73 Å². The lowest BCUT2D eigenvalue weighted by molar-refractivity contribution is 0.139. The third-order valence-electron chi connectivity index (χ3n) is 5.30. The highest BCUT2D eigenvalue weighted by atomic mass is 16.5. The minimum absolute atomic E-state index is 0.184. The van der Waals surface area contributed by atoms with Crippen LogP contribution in [0.1, 0.15) is 57.6 Å². The SMILES string of the molecule is CC(C)C[C@H]1[C@@H](c2ccccc2)O[CH]N1CCCN1CCCCC1. The summed E-state index contributed by atoms with van der Waals surface area (Å²) in [6, 6.07) is 11.2. The predicted octanol–water partition coefficient (Wildman–Crippen LogP) is 4.47. The maximum Gasteiger partial charge on any atom is 0.152 e. The summed E-state index contributed by atoms with van der Waals surface area (Å²) in [5.41, 5.74) is 1.30.